The summed E-state index contributed by atoms with van der Waals surface area (Å²) < 4.78 is 30.3. The molecule has 0 unspecified atom stereocenters. The van der Waals surface area contributed by atoms with Crippen molar-refractivity contribution in [3.63, 3.8) is 0 Å². The zero-order chi connectivity index (χ0) is 22.6. The maximum absolute atomic E-state index is 13.1. The van der Waals surface area contributed by atoms with Crippen molar-refractivity contribution in [1.29, 1.82) is 0 Å². The van der Waals surface area contributed by atoms with Gasteiger partial charge in [-0.2, -0.15) is 5.10 Å². The first kappa shape index (κ1) is 23.1. The van der Waals surface area contributed by atoms with Crippen LogP contribution in [0.15, 0.2) is 46.5 Å². The Labute approximate surface area is 187 Å². The van der Waals surface area contributed by atoms with Crippen molar-refractivity contribution in [1.82, 2.24) is 19.7 Å². The van der Waals surface area contributed by atoms with E-state index < -0.39 is 10.0 Å². The minimum Gasteiger partial charge on any atom is -0.367 e. The minimum atomic E-state index is -3.85. The van der Waals surface area contributed by atoms with E-state index in [1.54, 1.807) is 31.6 Å². The highest BCUT2D eigenvalue weighted by Gasteiger charge is 2.25. The molecule has 31 heavy (non-hydrogen) atoms. The Morgan fingerprint density at radius 3 is 2.42 bits per heavy atom. The molecular weight excluding hydrogens is 432 g/mol. The topological polar surface area (TPSA) is 102 Å². The summed E-state index contributed by atoms with van der Waals surface area (Å²) in [5.74, 6) is 1.48. The molecule has 1 atom stereocenters. The molecule has 0 aliphatic heterocycles. The zero-order valence-electron chi connectivity index (χ0n) is 18.4. The standard InChI is InChI=1S/C21H28N6O2S2/c1-6-14(2)22-18-12-19(24-21(23-18)30-13-17-10-8-7-9-11-17)26-31(28,29)20-15(3)25-27(5)16(20)4/h7-12,14H,6,13H2,1-5H3,(H2,22,23,24,26)/t14-/m1/s1. The van der Waals surface area contributed by atoms with Crippen LogP contribution >= 0.6 is 11.8 Å². The van der Waals surface area contributed by atoms with Crippen LogP contribution in [0, 0.1) is 13.8 Å². The van der Waals surface area contributed by atoms with Crippen molar-refractivity contribution in [2.75, 3.05) is 10.0 Å². The number of nitrogens with one attached hydrogen (secondary N) is 2. The van der Waals surface area contributed by atoms with E-state index >= 15 is 0 Å². The third kappa shape index (κ3) is 5.76. The van der Waals surface area contributed by atoms with Crippen molar-refractivity contribution in [3.8, 4) is 0 Å². The molecule has 8 nitrogen and oxygen atoms in total. The van der Waals surface area contributed by atoms with Gasteiger partial charge in [-0.05, 0) is 32.8 Å². The summed E-state index contributed by atoms with van der Waals surface area (Å²) in [5.41, 5.74) is 2.15. The molecule has 3 aromatic rings. The lowest BCUT2D eigenvalue weighted by Gasteiger charge is -2.15. The summed E-state index contributed by atoms with van der Waals surface area (Å²) in [6.07, 6.45) is 0.908. The Hall–Kier alpha value is -2.59. The van der Waals surface area contributed by atoms with Crippen LogP contribution in [-0.2, 0) is 22.8 Å². The van der Waals surface area contributed by atoms with E-state index in [4.69, 9.17) is 0 Å². The summed E-state index contributed by atoms with van der Waals surface area (Å²) in [6, 6.07) is 11.8. The van der Waals surface area contributed by atoms with Gasteiger partial charge in [-0.1, -0.05) is 49.0 Å². The van der Waals surface area contributed by atoms with Gasteiger partial charge in [-0.15, -0.1) is 0 Å². The molecule has 0 aliphatic carbocycles. The number of hydrogen-bond acceptors (Lipinski definition) is 7. The molecule has 0 radical (unpaired) electrons. The van der Waals surface area contributed by atoms with Crippen LogP contribution in [-0.4, -0.2) is 34.2 Å². The highest BCUT2D eigenvalue weighted by molar-refractivity contribution is 7.98. The molecule has 0 aliphatic rings. The number of anilines is 2. The van der Waals surface area contributed by atoms with Crippen LogP contribution in [0.3, 0.4) is 0 Å². The number of sulfonamides is 1. The fourth-order valence-electron chi connectivity index (χ4n) is 3.02. The third-order valence-electron chi connectivity index (χ3n) is 4.87. The second kappa shape index (κ2) is 9.69. The number of nitrogens with zero attached hydrogens (tertiary/aromatic N) is 4. The van der Waals surface area contributed by atoms with Gasteiger partial charge in [0.05, 0.1) is 11.4 Å². The number of aryl methyl sites for hydroxylation is 2. The van der Waals surface area contributed by atoms with Gasteiger partial charge in [0.1, 0.15) is 16.5 Å². The fourth-order valence-corrected chi connectivity index (χ4v) is 5.27. The van der Waals surface area contributed by atoms with Crippen LogP contribution in [0.25, 0.3) is 0 Å². The quantitative estimate of drug-likeness (QED) is 0.366. The molecule has 166 valence electrons. The van der Waals surface area contributed by atoms with E-state index in [-0.39, 0.29) is 16.8 Å². The lowest BCUT2D eigenvalue weighted by Crippen LogP contribution is -2.18. The number of benzene rings is 1. The molecule has 0 saturated heterocycles. The van der Waals surface area contributed by atoms with Crippen molar-refractivity contribution in [3.05, 3.63) is 53.3 Å². The van der Waals surface area contributed by atoms with E-state index in [0.717, 1.165) is 12.0 Å². The lowest BCUT2D eigenvalue weighted by atomic mass is 10.2. The maximum Gasteiger partial charge on any atom is 0.266 e. The summed E-state index contributed by atoms with van der Waals surface area (Å²) in [7, 11) is -2.13. The Morgan fingerprint density at radius 2 is 1.81 bits per heavy atom. The molecule has 1 aromatic carbocycles. The SMILES string of the molecule is CC[C@@H](C)Nc1cc(NS(=O)(=O)c2c(C)nn(C)c2C)nc(SCc2ccccc2)n1. The van der Waals surface area contributed by atoms with Gasteiger partial charge in [0, 0.05) is 24.9 Å². The lowest BCUT2D eigenvalue weighted by molar-refractivity contribution is 0.599. The monoisotopic (exact) mass is 460 g/mol. The summed E-state index contributed by atoms with van der Waals surface area (Å²) in [6.45, 7) is 7.52. The van der Waals surface area contributed by atoms with E-state index in [2.05, 4.69) is 32.0 Å². The van der Waals surface area contributed by atoms with Crippen LogP contribution in [0.2, 0.25) is 0 Å². The predicted molar refractivity (Wildman–Crippen MR) is 125 cm³/mol. The summed E-state index contributed by atoms with van der Waals surface area (Å²) in [5, 5.41) is 8.02. The van der Waals surface area contributed by atoms with Crippen LogP contribution in [0.5, 0.6) is 0 Å². The largest absolute Gasteiger partial charge is 0.367 e. The number of aromatic nitrogens is 4. The van der Waals surface area contributed by atoms with Gasteiger partial charge >= 0.3 is 0 Å². The summed E-state index contributed by atoms with van der Waals surface area (Å²) in [4.78, 5) is 9.19. The average Bonchev–Trinajstić information content (AvgIpc) is 2.98. The first-order valence-corrected chi connectivity index (χ1v) is 12.5. The smallest absolute Gasteiger partial charge is 0.266 e. The second-order valence-electron chi connectivity index (χ2n) is 7.38. The van der Waals surface area contributed by atoms with Gasteiger partial charge in [0.25, 0.3) is 10.0 Å². The highest BCUT2D eigenvalue weighted by Crippen LogP contribution is 2.26. The van der Waals surface area contributed by atoms with Gasteiger partial charge in [0.2, 0.25) is 0 Å². The Kier molecular flexibility index (Phi) is 7.22. The minimum absolute atomic E-state index is 0.170. The molecule has 0 bridgehead atoms. The normalized spacial score (nSPS) is 12.5. The van der Waals surface area contributed by atoms with E-state index in [1.165, 1.54) is 11.8 Å². The molecule has 0 amide bonds. The van der Waals surface area contributed by atoms with Crippen LogP contribution in [0.4, 0.5) is 11.6 Å². The Balaban J connectivity index is 1.91. The second-order valence-corrected chi connectivity index (χ2v) is 9.94. The Bertz CT molecular complexity index is 1150. The van der Waals surface area contributed by atoms with Gasteiger partial charge in [-0.25, -0.2) is 18.4 Å². The van der Waals surface area contributed by atoms with Gasteiger partial charge in [-0.3, -0.25) is 9.40 Å². The molecule has 2 heterocycles. The predicted octanol–water partition coefficient (Wildman–Crippen LogP) is 4.13. The summed E-state index contributed by atoms with van der Waals surface area (Å²) >= 11 is 1.46. The molecule has 0 fully saturated rings. The molecule has 3 rings (SSSR count). The van der Waals surface area contributed by atoms with E-state index in [1.807, 2.05) is 37.3 Å². The van der Waals surface area contributed by atoms with Gasteiger partial charge in [0.15, 0.2) is 5.16 Å². The molecular formula is C21H28N6O2S2. The van der Waals surface area contributed by atoms with Crippen molar-refractivity contribution in [2.24, 2.45) is 7.05 Å². The van der Waals surface area contributed by atoms with Crippen molar-refractivity contribution < 1.29 is 8.42 Å². The first-order valence-electron chi connectivity index (χ1n) is 10.0. The Morgan fingerprint density at radius 1 is 1.13 bits per heavy atom. The average molecular weight is 461 g/mol. The zero-order valence-corrected chi connectivity index (χ0v) is 20.0. The fraction of sp³-hybridized carbons (Fsp3) is 0.381. The molecule has 0 saturated carbocycles. The first-order chi connectivity index (χ1) is 14.7. The number of thioether (sulfide) groups is 1. The number of rotatable bonds is 9. The molecule has 2 aromatic heterocycles. The number of hydrogen-bond donors (Lipinski definition) is 2. The third-order valence-corrected chi connectivity index (χ3v) is 7.40. The maximum atomic E-state index is 13.1. The highest BCUT2D eigenvalue weighted by atomic mass is 32.2. The van der Waals surface area contributed by atoms with Crippen molar-refractivity contribution >= 4 is 33.4 Å². The van der Waals surface area contributed by atoms with E-state index in [9.17, 15) is 8.42 Å². The molecule has 2 N–H and O–H groups in total. The van der Waals surface area contributed by atoms with Gasteiger partial charge < -0.3 is 5.32 Å². The van der Waals surface area contributed by atoms with E-state index in [0.29, 0.717) is 28.1 Å². The van der Waals surface area contributed by atoms with Crippen LogP contribution in [0.1, 0.15) is 37.2 Å². The molecule has 10 heteroatoms. The molecule has 0 spiro atoms. The van der Waals surface area contributed by atoms with Crippen LogP contribution < -0.4 is 10.0 Å². The van der Waals surface area contributed by atoms with Crippen molar-refractivity contribution in [2.45, 2.75) is 56.0 Å².